The number of hydrogen-bond donors (Lipinski definition) is 0. The fourth-order valence-electron chi connectivity index (χ4n) is 1.45. The second-order valence-electron chi connectivity index (χ2n) is 3.23. The van der Waals surface area contributed by atoms with Crippen molar-refractivity contribution in [2.24, 2.45) is 0 Å². The van der Waals surface area contributed by atoms with Crippen molar-refractivity contribution < 1.29 is 0 Å². The van der Waals surface area contributed by atoms with Crippen molar-refractivity contribution >= 4 is 18.5 Å². The van der Waals surface area contributed by atoms with Crippen LogP contribution in [-0.2, 0) is 0 Å². The van der Waals surface area contributed by atoms with Gasteiger partial charge in [-0.3, -0.25) is 0 Å². The van der Waals surface area contributed by atoms with Crippen LogP contribution in [0.5, 0.6) is 0 Å². The molecule has 0 amide bonds. The molecule has 2 rings (SSSR count). The molecule has 0 aliphatic carbocycles. The molecule has 0 atom stereocenters. The summed E-state index contributed by atoms with van der Waals surface area (Å²) in [4.78, 5) is 0. The van der Waals surface area contributed by atoms with Crippen molar-refractivity contribution in [2.45, 2.75) is 7.43 Å². The van der Waals surface area contributed by atoms with E-state index >= 15 is 0 Å². The molecule has 0 aliphatic heterocycles. The topological polar surface area (TPSA) is 0 Å². The second kappa shape index (κ2) is 5.68. The van der Waals surface area contributed by atoms with Gasteiger partial charge >= 0.3 is 0 Å². The van der Waals surface area contributed by atoms with Crippen molar-refractivity contribution in [1.82, 2.24) is 0 Å². The summed E-state index contributed by atoms with van der Waals surface area (Å²) in [5.74, 6) is 0. The molecule has 2 aromatic rings. The highest BCUT2D eigenvalue weighted by Crippen LogP contribution is 2.27. The van der Waals surface area contributed by atoms with Crippen LogP contribution in [0.25, 0.3) is 0 Å². The van der Waals surface area contributed by atoms with Gasteiger partial charge in [0.1, 0.15) is 0 Å². The first-order valence-corrected chi connectivity index (χ1v) is 6.50. The van der Waals surface area contributed by atoms with Gasteiger partial charge in [0.15, 0.2) is 0 Å². The second-order valence-corrected chi connectivity index (χ2v) is 5.38. The van der Waals surface area contributed by atoms with Crippen LogP contribution in [-0.4, -0.2) is 6.66 Å². The Kier molecular flexibility index (Phi) is 4.52. The van der Waals surface area contributed by atoms with Crippen LogP contribution in [0.2, 0.25) is 0 Å². The zero-order chi connectivity index (χ0) is 9.80. The van der Waals surface area contributed by atoms with Crippen LogP contribution in [0.3, 0.4) is 0 Å². The Labute approximate surface area is 93.7 Å². The van der Waals surface area contributed by atoms with Crippen molar-refractivity contribution in [2.75, 3.05) is 6.66 Å². The third-order valence-electron chi connectivity index (χ3n) is 2.29. The first-order valence-electron chi connectivity index (χ1n) is 4.72. The van der Waals surface area contributed by atoms with Gasteiger partial charge in [-0.15, -0.1) is 0 Å². The molecule has 0 aromatic heterocycles. The lowest BCUT2D eigenvalue weighted by atomic mass is 10.4. The van der Waals surface area contributed by atoms with Crippen LogP contribution in [0.15, 0.2) is 60.7 Å². The maximum Gasteiger partial charge on any atom is -0.0198 e. The molecule has 1 heteroatoms. The van der Waals surface area contributed by atoms with Crippen LogP contribution >= 0.6 is 7.92 Å². The first kappa shape index (κ1) is 11.9. The van der Waals surface area contributed by atoms with Gasteiger partial charge in [0.25, 0.3) is 0 Å². The molecule has 0 radical (unpaired) electrons. The molecule has 0 fully saturated rings. The van der Waals surface area contributed by atoms with E-state index in [1.165, 1.54) is 10.6 Å². The number of rotatable bonds is 2. The van der Waals surface area contributed by atoms with E-state index in [2.05, 4.69) is 67.3 Å². The Hall–Kier alpha value is -1.13. The van der Waals surface area contributed by atoms with Gasteiger partial charge in [-0.05, 0) is 25.2 Å². The highest BCUT2D eigenvalue weighted by atomic mass is 31.1. The quantitative estimate of drug-likeness (QED) is 0.675. The lowest BCUT2D eigenvalue weighted by molar-refractivity contribution is 1.75. The molecule has 0 heterocycles. The molecule has 0 bridgehead atoms. The Morgan fingerprint density at radius 2 is 1.00 bits per heavy atom. The fraction of sp³-hybridized carbons (Fsp3) is 0.143. The summed E-state index contributed by atoms with van der Waals surface area (Å²) < 4.78 is 0. The van der Waals surface area contributed by atoms with Gasteiger partial charge in [0.05, 0.1) is 0 Å². The van der Waals surface area contributed by atoms with Crippen molar-refractivity contribution in [3.8, 4) is 0 Å². The summed E-state index contributed by atoms with van der Waals surface area (Å²) in [6, 6.07) is 21.4. The largest absolute Gasteiger partial charge is 0.0776 e. The predicted octanol–water partition coefficient (Wildman–Crippen LogP) is 3.39. The molecule has 2 aromatic carbocycles. The van der Waals surface area contributed by atoms with E-state index in [4.69, 9.17) is 0 Å². The normalized spacial score (nSPS) is 9.73. The summed E-state index contributed by atoms with van der Waals surface area (Å²) in [7, 11) is -0.171. The lowest BCUT2D eigenvalue weighted by Crippen LogP contribution is -2.09. The van der Waals surface area contributed by atoms with E-state index in [1.807, 2.05) is 0 Å². The van der Waals surface area contributed by atoms with Crippen molar-refractivity contribution in [1.29, 1.82) is 0 Å². The van der Waals surface area contributed by atoms with Gasteiger partial charge in [-0.25, -0.2) is 0 Å². The molecule has 78 valence electrons. The molecule has 0 unspecified atom stereocenters. The van der Waals surface area contributed by atoms with E-state index in [1.54, 1.807) is 0 Å². The minimum absolute atomic E-state index is 0. The van der Waals surface area contributed by atoms with E-state index in [9.17, 15) is 0 Å². The summed E-state index contributed by atoms with van der Waals surface area (Å²) in [6.45, 7) is 2.31. The van der Waals surface area contributed by atoms with Gasteiger partial charge in [0, 0.05) is 0 Å². The molecule has 0 saturated carbocycles. The molecule has 15 heavy (non-hydrogen) atoms. The van der Waals surface area contributed by atoms with Gasteiger partial charge in [-0.1, -0.05) is 68.1 Å². The smallest absolute Gasteiger partial charge is 0.0198 e. The summed E-state index contributed by atoms with van der Waals surface area (Å²) in [6.07, 6.45) is 0. The molecule has 0 nitrogen and oxygen atoms in total. The van der Waals surface area contributed by atoms with Crippen LogP contribution in [0, 0.1) is 0 Å². The lowest BCUT2D eigenvalue weighted by Gasteiger charge is -2.12. The maximum atomic E-state index is 2.31. The number of benzene rings is 2. The average Bonchev–Trinajstić information content (AvgIpc) is 2.30. The standard InChI is InChI=1S/C13H13P.CH4/c1-14(12-8-4-2-5-9-12)13-10-6-3-7-11-13;/h2-11H,1H3;1H4. The van der Waals surface area contributed by atoms with E-state index in [-0.39, 0.29) is 15.3 Å². The Balaban J connectivity index is 0.00000112. The Bertz CT molecular complexity index is 341. The molecular formula is C14H17P. The maximum absolute atomic E-state index is 2.31. The number of hydrogen-bond acceptors (Lipinski definition) is 0. The van der Waals surface area contributed by atoms with Crippen LogP contribution in [0.4, 0.5) is 0 Å². The van der Waals surface area contributed by atoms with Crippen LogP contribution in [0.1, 0.15) is 7.43 Å². The summed E-state index contributed by atoms with van der Waals surface area (Å²) >= 11 is 0. The molecule has 0 spiro atoms. The Morgan fingerprint density at radius 3 is 1.33 bits per heavy atom. The minimum atomic E-state index is -0.171. The third-order valence-corrected chi connectivity index (χ3v) is 4.43. The van der Waals surface area contributed by atoms with Gasteiger partial charge < -0.3 is 0 Å². The Morgan fingerprint density at radius 1 is 0.667 bits per heavy atom. The van der Waals surface area contributed by atoms with E-state index in [0.717, 1.165) is 0 Å². The van der Waals surface area contributed by atoms with Crippen molar-refractivity contribution in [3.63, 3.8) is 0 Å². The monoisotopic (exact) mass is 216 g/mol. The van der Waals surface area contributed by atoms with E-state index < -0.39 is 0 Å². The van der Waals surface area contributed by atoms with E-state index in [0.29, 0.717) is 0 Å². The minimum Gasteiger partial charge on any atom is -0.0776 e. The highest BCUT2D eigenvalue weighted by molar-refractivity contribution is 7.72. The first-order chi connectivity index (χ1) is 6.88. The zero-order valence-corrected chi connectivity index (χ0v) is 9.12. The van der Waals surface area contributed by atoms with Crippen molar-refractivity contribution in [3.05, 3.63) is 60.7 Å². The van der Waals surface area contributed by atoms with Gasteiger partial charge in [0.2, 0.25) is 0 Å². The van der Waals surface area contributed by atoms with Crippen LogP contribution < -0.4 is 10.6 Å². The SMILES string of the molecule is C.CP(c1ccccc1)c1ccccc1. The molecule has 0 N–H and O–H groups in total. The molecule has 0 saturated heterocycles. The van der Waals surface area contributed by atoms with Gasteiger partial charge in [-0.2, -0.15) is 0 Å². The third kappa shape index (κ3) is 2.91. The highest BCUT2D eigenvalue weighted by Gasteiger charge is 2.05. The zero-order valence-electron chi connectivity index (χ0n) is 8.22. The average molecular weight is 216 g/mol. The fourth-order valence-corrected chi connectivity index (χ4v) is 2.99. The molecule has 0 aliphatic rings. The molecular weight excluding hydrogens is 199 g/mol. The predicted molar refractivity (Wildman–Crippen MR) is 71.7 cm³/mol. The summed E-state index contributed by atoms with van der Waals surface area (Å²) in [5, 5.41) is 2.88. The summed E-state index contributed by atoms with van der Waals surface area (Å²) in [5.41, 5.74) is 0.